The van der Waals surface area contributed by atoms with Gasteiger partial charge in [-0.05, 0) is 61.4 Å². The number of benzene rings is 2. The first-order valence-electron chi connectivity index (χ1n) is 8.86. The van der Waals surface area contributed by atoms with Gasteiger partial charge in [-0.3, -0.25) is 14.5 Å². The van der Waals surface area contributed by atoms with Crippen molar-refractivity contribution in [3.05, 3.63) is 53.6 Å². The smallest absolute Gasteiger partial charge is 0.264 e. The van der Waals surface area contributed by atoms with Crippen molar-refractivity contribution in [2.24, 2.45) is 0 Å². The molecule has 7 nitrogen and oxygen atoms in total. The van der Waals surface area contributed by atoms with Crippen molar-refractivity contribution in [2.45, 2.75) is 25.2 Å². The molecule has 2 aromatic rings. The fourth-order valence-electron chi connectivity index (χ4n) is 2.65. The van der Waals surface area contributed by atoms with Crippen LogP contribution in [0.1, 0.15) is 17.5 Å². The average molecular weight is 406 g/mol. The van der Waals surface area contributed by atoms with Crippen LogP contribution in [0, 0.1) is 13.8 Å². The van der Waals surface area contributed by atoms with Crippen molar-refractivity contribution >= 4 is 21.6 Å². The normalized spacial score (nSPS) is 11.4. The molecule has 0 aromatic heterocycles. The van der Waals surface area contributed by atoms with Gasteiger partial charge in [-0.2, -0.15) is 0 Å². The highest BCUT2D eigenvalue weighted by molar-refractivity contribution is 7.92. The van der Waals surface area contributed by atoms with Crippen LogP contribution in [0.25, 0.3) is 0 Å². The van der Waals surface area contributed by atoms with E-state index in [4.69, 9.17) is 4.74 Å². The Balaban J connectivity index is 2.40. The molecule has 8 heteroatoms. The van der Waals surface area contributed by atoms with Gasteiger partial charge in [-0.1, -0.05) is 6.07 Å². The van der Waals surface area contributed by atoms with Gasteiger partial charge in [0.25, 0.3) is 10.0 Å². The number of nitrogens with zero attached hydrogens (tertiary/aromatic N) is 2. The number of methoxy groups -OCH3 is 1. The zero-order valence-electron chi connectivity index (χ0n) is 16.9. The standard InChI is InChI=1S/C20H27N3O4S/c1-15-6-11-19(14-16(15)2)28(25,26)23(13-12-20(24)21-22(3)4)17-7-9-18(27-5)10-8-17/h6-11,14H,12-13H2,1-5H3,(H,21,24). The third-order valence-corrected chi connectivity index (χ3v) is 6.14. The molecule has 0 radical (unpaired) electrons. The number of nitrogens with one attached hydrogen (secondary N) is 1. The number of carbonyl (C=O) groups excluding carboxylic acids is 1. The number of hydrogen-bond acceptors (Lipinski definition) is 5. The number of aryl methyl sites for hydroxylation is 2. The Bertz CT molecular complexity index is 925. The number of rotatable bonds is 8. The lowest BCUT2D eigenvalue weighted by Gasteiger charge is -2.25. The number of sulfonamides is 1. The van der Waals surface area contributed by atoms with Crippen LogP contribution in [0.2, 0.25) is 0 Å². The van der Waals surface area contributed by atoms with Crippen molar-refractivity contribution in [1.82, 2.24) is 10.4 Å². The fourth-order valence-corrected chi connectivity index (χ4v) is 4.20. The third kappa shape index (κ3) is 5.24. The summed E-state index contributed by atoms with van der Waals surface area (Å²) in [6, 6.07) is 11.8. The van der Waals surface area contributed by atoms with E-state index in [1.165, 1.54) is 9.31 Å². The van der Waals surface area contributed by atoms with Gasteiger partial charge in [0.1, 0.15) is 5.75 Å². The second kappa shape index (κ2) is 9.07. The third-order valence-electron chi connectivity index (χ3n) is 4.32. The van der Waals surface area contributed by atoms with Crippen LogP contribution in [0.3, 0.4) is 0 Å². The highest BCUT2D eigenvalue weighted by Crippen LogP contribution is 2.27. The predicted octanol–water partition coefficient (Wildman–Crippen LogP) is 2.49. The maximum atomic E-state index is 13.3. The molecule has 2 aromatic carbocycles. The summed E-state index contributed by atoms with van der Waals surface area (Å²) in [7, 11) is 1.11. The molecule has 0 aliphatic rings. The van der Waals surface area contributed by atoms with E-state index >= 15 is 0 Å². The second-order valence-electron chi connectivity index (χ2n) is 6.70. The van der Waals surface area contributed by atoms with Gasteiger partial charge >= 0.3 is 0 Å². The molecule has 0 heterocycles. The molecule has 1 amide bonds. The minimum atomic E-state index is -3.84. The van der Waals surface area contributed by atoms with Gasteiger partial charge < -0.3 is 4.74 Å². The lowest BCUT2D eigenvalue weighted by molar-refractivity contribution is -0.124. The van der Waals surface area contributed by atoms with Gasteiger partial charge in [0.15, 0.2) is 0 Å². The topological polar surface area (TPSA) is 79.0 Å². The van der Waals surface area contributed by atoms with Crippen LogP contribution in [-0.4, -0.2) is 47.1 Å². The maximum absolute atomic E-state index is 13.3. The number of hydrazine groups is 1. The number of amides is 1. The summed E-state index contributed by atoms with van der Waals surface area (Å²) < 4.78 is 33.1. The minimum Gasteiger partial charge on any atom is -0.497 e. The first-order chi connectivity index (χ1) is 13.1. The molecule has 0 aliphatic carbocycles. The van der Waals surface area contributed by atoms with Gasteiger partial charge in [-0.25, -0.2) is 13.4 Å². The lowest BCUT2D eigenvalue weighted by Crippen LogP contribution is -2.39. The van der Waals surface area contributed by atoms with Crippen LogP contribution in [0.4, 0.5) is 5.69 Å². The molecule has 152 valence electrons. The van der Waals surface area contributed by atoms with E-state index < -0.39 is 10.0 Å². The van der Waals surface area contributed by atoms with Crippen LogP contribution in [0.5, 0.6) is 5.75 Å². The van der Waals surface area contributed by atoms with Gasteiger partial charge in [0, 0.05) is 27.1 Å². The number of hydrogen-bond donors (Lipinski definition) is 1. The monoisotopic (exact) mass is 405 g/mol. The molecule has 0 aliphatic heterocycles. The Morgan fingerprint density at radius 3 is 2.21 bits per heavy atom. The van der Waals surface area contributed by atoms with E-state index in [0.29, 0.717) is 11.4 Å². The van der Waals surface area contributed by atoms with E-state index in [2.05, 4.69) is 5.43 Å². The van der Waals surface area contributed by atoms with Crippen molar-refractivity contribution in [2.75, 3.05) is 32.1 Å². The lowest BCUT2D eigenvalue weighted by atomic mass is 10.1. The van der Waals surface area contributed by atoms with Crippen molar-refractivity contribution in [3.8, 4) is 5.75 Å². The van der Waals surface area contributed by atoms with E-state index in [1.807, 2.05) is 13.8 Å². The largest absolute Gasteiger partial charge is 0.497 e. The van der Waals surface area contributed by atoms with Crippen molar-refractivity contribution in [1.29, 1.82) is 0 Å². The quantitative estimate of drug-likeness (QED) is 0.683. The summed E-state index contributed by atoms with van der Waals surface area (Å²) in [5.74, 6) is 0.358. The predicted molar refractivity (Wildman–Crippen MR) is 110 cm³/mol. The summed E-state index contributed by atoms with van der Waals surface area (Å²) in [5.41, 5.74) is 5.00. The number of carbonyl (C=O) groups is 1. The van der Waals surface area contributed by atoms with Crippen LogP contribution in [0.15, 0.2) is 47.4 Å². The van der Waals surface area contributed by atoms with Crippen LogP contribution >= 0.6 is 0 Å². The molecule has 0 saturated heterocycles. The zero-order chi connectivity index (χ0) is 20.9. The van der Waals surface area contributed by atoms with Gasteiger partial charge in [0.05, 0.1) is 17.7 Å². The highest BCUT2D eigenvalue weighted by atomic mass is 32.2. The van der Waals surface area contributed by atoms with E-state index in [-0.39, 0.29) is 23.8 Å². The Morgan fingerprint density at radius 1 is 1.04 bits per heavy atom. The highest BCUT2D eigenvalue weighted by Gasteiger charge is 2.26. The molecule has 28 heavy (non-hydrogen) atoms. The first-order valence-corrected chi connectivity index (χ1v) is 10.3. The molecular weight excluding hydrogens is 378 g/mol. The van der Waals surface area contributed by atoms with Crippen molar-refractivity contribution in [3.63, 3.8) is 0 Å². The van der Waals surface area contributed by atoms with E-state index in [1.54, 1.807) is 63.7 Å². The molecule has 0 bridgehead atoms. The van der Waals surface area contributed by atoms with Gasteiger partial charge in [-0.15, -0.1) is 0 Å². The SMILES string of the molecule is COc1ccc(N(CCC(=O)NN(C)C)S(=O)(=O)c2ccc(C)c(C)c2)cc1. The molecule has 1 N–H and O–H groups in total. The summed E-state index contributed by atoms with van der Waals surface area (Å²) in [4.78, 5) is 12.3. The Morgan fingerprint density at radius 2 is 1.68 bits per heavy atom. The summed E-state index contributed by atoms with van der Waals surface area (Å²) in [6.07, 6.45) is 0.0221. The molecule has 0 unspecified atom stereocenters. The molecule has 0 fully saturated rings. The Kier molecular flexibility index (Phi) is 7.04. The molecule has 0 spiro atoms. The van der Waals surface area contributed by atoms with Gasteiger partial charge in [0.2, 0.25) is 5.91 Å². The van der Waals surface area contributed by atoms with Crippen LogP contribution < -0.4 is 14.5 Å². The summed E-state index contributed by atoms with van der Waals surface area (Å²) in [6.45, 7) is 3.82. The average Bonchev–Trinajstić information content (AvgIpc) is 2.63. The molecule has 0 atom stereocenters. The van der Waals surface area contributed by atoms with Crippen LogP contribution in [-0.2, 0) is 14.8 Å². The number of ether oxygens (including phenoxy) is 1. The second-order valence-corrected chi connectivity index (χ2v) is 8.56. The molecule has 2 rings (SSSR count). The Labute approximate surface area is 166 Å². The fraction of sp³-hybridized carbons (Fsp3) is 0.350. The molecule has 0 saturated carbocycles. The minimum absolute atomic E-state index is 0.0151. The van der Waals surface area contributed by atoms with E-state index in [9.17, 15) is 13.2 Å². The summed E-state index contributed by atoms with van der Waals surface area (Å²) >= 11 is 0. The first kappa shape index (κ1) is 21.7. The van der Waals surface area contributed by atoms with E-state index in [0.717, 1.165) is 11.1 Å². The summed E-state index contributed by atoms with van der Waals surface area (Å²) in [5, 5.41) is 1.53. The molecular formula is C20H27N3O4S. The maximum Gasteiger partial charge on any atom is 0.264 e. The van der Waals surface area contributed by atoms with Crippen molar-refractivity contribution < 1.29 is 17.9 Å². The number of anilines is 1. The Hall–Kier alpha value is -2.58. The zero-order valence-corrected chi connectivity index (χ0v) is 17.7.